The van der Waals surface area contributed by atoms with E-state index in [9.17, 15) is 8.42 Å². The summed E-state index contributed by atoms with van der Waals surface area (Å²) in [6.45, 7) is 0. The zero-order chi connectivity index (χ0) is 8.48. The molecule has 0 aliphatic rings. The van der Waals surface area contributed by atoms with E-state index in [1.54, 1.807) is 6.07 Å². The molecule has 58 valence electrons. The van der Waals surface area contributed by atoms with Crippen LogP contribution in [0.5, 0.6) is 0 Å². The third-order valence-corrected chi connectivity index (χ3v) is 1.89. The predicted molar refractivity (Wildman–Crippen MR) is 34.7 cm³/mol. The Morgan fingerprint density at radius 2 is 2.36 bits per heavy atom. The molecule has 0 atom stereocenters. The van der Waals surface area contributed by atoms with Gasteiger partial charge >= 0.3 is 0 Å². The zero-order valence-corrected chi connectivity index (χ0v) is 6.09. The Labute approximate surface area is 62.7 Å². The van der Waals surface area contributed by atoms with Crippen LogP contribution in [0.15, 0.2) is 11.2 Å². The Balaban J connectivity index is 3.39. The van der Waals surface area contributed by atoms with Gasteiger partial charge < -0.3 is 0 Å². The van der Waals surface area contributed by atoms with Crippen molar-refractivity contribution >= 4 is 10.0 Å². The van der Waals surface area contributed by atoms with Crippen molar-refractivity contribution in [1.29, 1.82) is 5.26 Å². The maximum atomic E-state index is 10.6. The Morgan fingerprint density at radius 3 is 2.73 bits per heavy atom. The average molecular weight is 172 g/mol. The minimum atomic E-state index is -3.84. The number of primary sulfonamides is 1. The van der Waals surface area contributed by atoms with Crippen molar-refractivity contribution in [3.8, 4) is 6.07 Å². The largest absolute Gasteiger partial charge is 0.265 e. The van der Waals surface area contributed by atoms with Crippen molar-refractivity contribution in [2.75, 3.05) is 0 Å². The number of hydrogen-bond acceptors (Lipinski definition) is 4. The highest BCUT2D eigenvalue weighted by Crippen LogP contribution is 2.06. The fraction of sp³-hybridized carbons (Fsp3) is 0. The summed E-state index contributed by atoms with van der Waals surface area (Å²) in [4.78, 5) is 0. The minimum Gasteiger partial charge on any atom is -0.265 e. The summed E-state index contributed by atoms with van der Waals surface area (Å²) < 4.78 is 21.3. The Morgan fingerprint density at radius 1 is 1.73 bits per heavy atom. The summed E-state index contributed by atoms with van der Waals surface area (Å²) in [6, 6.07) is 1.63. The first-order valence-corrected chi connectivity index (χ1v) is 4.06. The third-order valence-electron chi connectivity index (χ3n) is 1.01. The molecule has 0 unspecified atom stereocenters. The van der Waals surface area contributed by atoms with Crippen molar-refractivity contribution in [1.82, 2.24) is 10.2 Å². The maximum absolute atomic E-state index is 10.6. The molecule has 11 heavy (non-hydrogen) atoms. The van der Waals surface area contributed by atoms with E-state index in [1.165, 1.54) is 0 Å². The summed E-state index contributed by atoms with van der Waals surface area (Å²) in [5.74, 6) is 0. The lowest BCUT2D eigenvalue weighted by Crippen LogP contribution is -2.13. The SMILES string of the molecule is N#Cc1cn[nH]c1S(N)(=O)=O. The van der Waals surface area contributed by atoms with Gasteiger partial charge in [-0.05, 0) is 0 Å². The summed E-state index contributed by atoms with van der Waals surface area (Å²) in [5, 5.41) is 18.2. The van der Waals surface area contributed by atoms with Gasteiger partial charge in [-0.2, -0.15) is 10.4 Å². The third kappa shape index (κ3) is 1.36. The van der Waals surface area contributed by atoms with E-state index >= 15 is 0 Å². The van der Waals surface area contributed by atoms with Crippen LogP contribution in [0.25, 0.3) is 0 Å². The average Bonchev–Trinajstić information content (AvgIpc) is 2.31. The van der Waals surface area contributed by atoms with Crippen molar-refractivity contribution in [2.45, 2.75) is 5.03 Å². The van der Waals surface area contributed by atoms with E-state index in [4.69, 9.17) is 10.4 Å². The first-order chi connectivity index (χ1) is 5.05. The van der Waals surface area contributed by atoms with E-state index in [2.05, 4.69) is 10.2 Å². The minimum absolute atomic E-state index is 0.0764. The van der Waals surface area contributed by atoms with Gasteiger partial charge in [-0.15, -0.1) is 0 Å². The molecule has 1 aromatic heterocycles. The number of sulfonamides is 1. The molecule has 0 bridgehead atoms. The number of hydrogen-bond donors (Lipinski definition) is 2. The van der Waals surface area contributed by atoms with Crippen LogP contribution < -0.4 is 5.14 Å². The standard InChI is InChI=1S/C4H4N4O2S/c5-1-3-2-7-8-4(3)11(6,9)10/h2H,(H,7,8)(H2,6,9,10). The van der Waals surface area contributed by atoms with Crippen LogP contribution in [-0.4, -0.2) is 18.6 Å². The number of nitriles is 1. The smallest absolute Gasteiger partial charge is 0.256 e. The summed E-state index contributed by atoms with van der Waals surface area (Å²) >= 11 is 0. The van der Waals surface area contributed by atoms with Gasteiger partial charge in [0.15, 0.2) is 5.03 Å². The van der Waals surface area contributed by atoms with E-state index in [1.807, 2.05) is 0 Å². The number of nitrogens with zero attached hydrogens (tertiary/aromatic N) is 2. The van der Waals surface area contributed by atoms with Crippen molar-refractivity contribution in [2.24, 2.45) is 5.14 Å². The highest BCUT2D eigenvalue weighted by molar-refractivity contribution is 7.89. The number of H-pyrrole nitrogens is 1. The second kappa shape index (κ2) is 2.34. The lowest BCUT2D eigenvalue weighted by Gasteiger charge is -1.89. The predicted octanol–water partition coefficient (Wildman–Crippen LogP) is -1.07. The summed E-state index contributed by atoms with van der Waals surface area (Å²) in [5.41, 5.74) is -0.0764. The van der Waals surface area contributed by atoms with Gasteiger partial charge in [0.05, 0.1) is 6.20 Å². The molecular formula is C4H4N4O2S. The maximum Gasteiger partial charge on any atom is 0.256 e. The van der Waals surface area contributed by atoms with E-state index < -0.39 is 10.0 Å². The molecule has 0 aliphatic carbocycles. The second-order valence-electron chi connectivity index (χ2n) is 1.77. The van der Waals surface area contributed by atoms with Crippen LogP contribution in [-0.2, 0) is 10.0 Å². The number of nitrogens with one attached hydrogen (secondary N) is 1. The fourth-order valence-electron chi connectivity index (χ4n) is 0.571. The monoisotopic (exact) mass is 172 g/mol. The van der Waals surface area contributed by atoms with Gasteiger partial charge in [0, 0.05) is 0 Å². The van der Waals surface area contributed by atoms with Crippen LogP contribution in [0.2, 0.25) is 0 Å². The van der Waals surface area contributed by atoms with Crippen LogP contribution >= 0.6 is 0 Å². The number of rotatable bonds is 1. The summed E-state index contributed by atoms with van der Waals surface area (Å²) in [6.07, 6.45) is 1.10. The highest BCUT2D eigenvalue weighted by Gasteiger charge is 2.15. The van der Waals surface area contributed by atoms with Gasteiger partial charge in [0.25, 0.3) is 10.0 Å². The normalized spacial score (nSPS) is 10.9. The number of aromatic amines is 1. The topological polar surface area (TPSA) is 113 Å². The first-order valence-electron chi connectivity index (χ1n) is 2.52. The molecule has 1 heterocycles. The molecular weight excluding hydrogens is 168 g/mol. The molecule has 6 nitrogen and oxygen atoms in total. The summed E-state index contributed by atoms with van der Waals surface area (Å²) in [7, 11) is -3.84. The van der Waals surface area contributed by atoms with Gasteiger partial charge in [-0.3, -0.25) is 5.10 Å². The molecule has 3 N–H and O–H groups in total. The van der Waals surface area contributed by atoms with Gasteiger partial charge in [-0.1, -0.05) is 0 Å². The molecule has 1 rings (SSSR count). The lowest BCUT2D eigenvalue weighted by atomic mass is 10.4. The van der Waals surface area contributed by atoms with Crippen molar-refractivity contribution in [3.63, 3.8) is 0 Å². The zero-order valence-electron chi connectivity index (χ0n) is 5.27. The van der Waals surface area contributed by atoms with E-state index in [-0.39, 0.29) is 10.6 Å². The van der Waals surface area contributed by atoms with Crippen LogP contribution in [0.1, 0.15) is 5.56 Å². The molecule has 0 saturated heterocycles. The van der Waals surface area contributed by atoms with Crippen LogP contribution in [0, 0.1) is 11.3 Å². The second-order valence-corrected chi connectivity index (χ2v) is 3.27. The van der Waals surface area contributed by atoms with E-state index in [0.29, 0.717) is 0 Å². The van der Waals surface area contributed by atoms with Crippen LogP contribution in [0.3, 0.4) is 0 Å². The molecule has 7 heteroatoms. The molecule has 0 aromatic carbocycles. The molecule has 1 aromatic rings. The molecule has 0 radical (unpaired) electrons. The van der Waals surface area contributed by atoms with Crippen molar-refractivity contribution in [3.05, 3.63) is 11.8 Å². The number of aromatic nitrogens is 2. The van der Waals surface area contributed by atoms with E-state index in [0.717, 1.165) is 6.20 Å². The lowest BCUT2D eigenvalue weighted by molar-refractivity contribution is 0.593. The molecule has 0 fully saturated rings. The molecule has 0 amide bonds. The molecule has 0 spiro atoms. The molecule has 0 saturated carbocycles. The van der Waals surface area contributed by atoms with Gasteiger partial charge in [-0.25, -0.2) is 13.6 Å². The Bertz CT molecular complexity index is 398. The fourth-order valence-corrected chi connectivity index (χ4v) is 1.16. The quantitative estimate of drug-likeness (QED) is 0.561. The highest BCUT2D eigenvalue weighted by atomic mass is 32.2. The van der Waals surface area contributed by atoms with Gasteiger partial charge in [0.2, 0.25) is 0 Å². The van der Waals surface area contributed by atoms with Crippen LogP contribution in [0.4, 0.5) is 0 Å². The van der Waals surface area contributed by atoms with Crippen molar-refractivity contribution < 1.29 is 8.42 Å². The Hall–Kier alpha value is -1.39. The Kier molecular flexibility index (Phi) is 1.64. The van der Waals surface area contributed by atoms with Gasteiger partial charge in [0.1, 0.15) is 11.6 Å². The number of nitrogens with two attached hydrogens (primary N) is 1. The first kappa shape index (κ1) is 7.71. The molecule has 0 aliphatic heterocycles.